The van der Waals surface area contributed by atoms with Crippen LogP contribution < -0.4 is 5.32 Å². The van der Waals surface area contributed by atoms with Crippen LogP contribution in [0.4, 0.5) is 20.8 Å². The average Bonchev–Trinajstić information content (AvgIpc) is 2.91. The second kappa shape index (κ2) is 7.00. The molecule has 2 aromatic carbocycles. The van der Waals surface area contributed by atoms with Crippen LogP contribution in [0.3, 0.4) is 0 Å². The van der Waals surface area contributed by atoms with Crippen molar-refractivity contribution in [3.8, 4) is 0 Å². The molecule has 0 bridgehead atoms. The molecule has 0 radical (unpaired) electrons. The maximum atomic E-state index is 13.6. The first-order valence-corrected chi connectivity index (χ1v) is 9.12. The van der Waals surface area contributed by atoms with Gasteiger partial charge in [-0.15, -0.1) is 11.3 Å². The van der Waals surface area contributed by atoms with Gasteiger partial charge in [0.25, 0.3) is 5.69 Å². The maximum Gasteiger partial charge on any atom is 0.339 e. The first kappa shape index (κ1) is 18.3. The summed E-state index contributed by atoms with van der Waals surface area (Å²) in [6.07, 6.45) is 0.618. The molecule has 0 amide bonds. The molecule has 0 aliphatic heterocycles. The normalized spacial score (nSPS) is 10.9. The molecular weight excluding hydrogens is 427 g/mol. The molecule has 0 aliphatic carbocycles. The van der Waals surface area contributed by atoms with Gasteiger partial charge in [0, 0.05) is 26.7 Å². The van der Waals surface area contributed by atoms with E-state index in [4.69, 9.17) is 0 Å². The Labute approximate surface area is 159 Å². The predicted octanol–water partition coefficient (Wildman–Crippen LogP) is 5.72. The third-order valence-corrected chi connectivity index (χ3v) is 5.35. The average molecular weight is 439 g/mol. The lowest BCUT2D eigenvalue weighted by Gasteiger charge is -2.07. The number of hydrogen-bond donors (Lipinski definition) is 2. The van der Waals surface area contributed by atoms with Crippen molar-refractivity contribution in [3.05, 3.63) is 61.9 Å². The van der Waals surface area contributed by atoms with Crippen LogP contribution >= 0.6 is 27.3 Å². The number of fused-ring (bicyclic) bond motifs is 1. The highest BCUT2D eigenvalue weighted by atomic mass is 79.9. The van der Waals surface area contributed by atoms with Crippen molar-refractivity contribution < 1.29 is 19.2 Å². The lowest BCUT2D eigenvalue weighted by molar-refractivity contribution is -0.384. The van der Waals surface area contributed by atoms with E-state index in [9.17, 15) is 24.4 Å². The molecule has 0 saturated carbocycles. The molecule has 134 valence electrons. The fraction of sp³-hybridized carbons (Fsp3) is 0.118. The van der Waals surface area contributed by atoms with Crippen LogP contribution in [0.5, 0.6) is 0 Å². The van der Waals surface area contributed by atoms with Crippen LogP contribution in [-0.2, 0) is 6.42 Å². The Morgan fingerprint density at radius 1 is 1.38 bits per heavy atom. The molecule has 0 atom stereocenters. The number of nitro groups is 1. The Bertz CT molecular complexity index is 1050. The number of carboxylic acid groups (broad SMARTS) is 1. The number of aromatic carboxylic acids is 1. The lowest BCUT2D eigenvalue weighted by Crippen LogP contribution is -2.03. The van der Waals surface area contributed by atoms with Crippen molar-refractivity contribution >= 4 is 59.7 Å². The van der Waals surface area contributed by atoms with Crippen molar-refractivity contribution in [2.24, 2.45) is 0 Å². The van der Waals surface area contributed by atoms with E-state index in [0.717, 1.165) is 44.3 Å². The number of anilines is 2. The smallest absolute Gasteiger partial charge is 0.339 e. The largest absolute Gasteiger partial charge is 0.478 e. The van der Waals surface area contributed by atoms with Gasteiger partial charge in [-0.2, -0.15) is 0 Å². The van der Waals surface area contributed by atoms with Gasteiger partial charge in [-0.1, -0.05) is 22.9 Å². The summed E-state index contributed by atoms with van der Waals surface area (Å²) >= 11 is 4.55. The monoisotopic (exact) mass is 438 g/mol. The number of rotatable bonds is 5. The Kier molecular flexibility index (Phi) is 4.92. The molecule has 0 fully saturated rings. The zero-order valence-electron chi connectivity index (χ0n) is 13.4. The zero-order chi connectivity index (χ0) is 19.0. The number of hydrogen-bond acceptors (Lipinski definition) is 5. The fourth-order valence-electron chi connectivity index (χ4n) is 2.74. The van der Waals surface area contributed by atoms with Crippen molar-refractivity contribution in [2.45, 2.75) is 13.3 Å². The minimum atomic E-state index is -1.16. The summed E-state index contributed by atoms with van der Waals surface area (Å²) in [6.45, 7) is 1.91. The van der Waals surface area contributed by atoms with Crippen molar-refractivity contribution in [2.75, 3.05) is 5.32 Å². The van der Waals surface area contributed by atoms with Crippen molar-refractivity contribution in [1.82, 2.24) is 0 Å². The molecule has 1 heterocycles. The summed E-state index contributed by atoms with van der Waals surface area (Å²) in [4.78, 5) is 22.4. The van der Waals surface area contributed by atoms with Crippen molar-refractivity contribution in [1.29, 1.82) is 0 Å². The fourth-order valence-corrected chi connectivity index (χ4v) is 4.59. The van der Waals surface area contributed by atoms with Crippen molar-refractivity contribution in [3.63, 3.8) is 0 Å². The van der Waals surface area contributed by atoms with Crippen LogP contribution in [0.25, 0.3) is 10.1 Å². The van der Waals surface area contributed by atoms with Gasteiger partial charge in [0.05, 0.1) is 4.92 Å². The highest BCUT2D eigenvalue weighted by Crippen LogP contribution is 2.42. The number of nitro benzene ring substituents is 1. The quantitative estimate of drug-likeness (QED) is 0.392. The number of nitrogens with one attached hydrogen (secondary N) is 1. The van der Waals surface area contributed by atoms with Gasteiger partial charge in [0.1, 0.15) is 22.1 Å². The van der Waals surface area contributed by atoms with E-state index in [-0.39, 0.29) is 21.9 Å². The van der Waals surface area contributed by atoms with E-state index in [0.29, 0.717) is 11.8 Å². The van der Waals surface area contributed by atoms with Crippen LogP contribution in [-0.4, -0.2) is 16.0 Å². The minimum absolute atomic E-state index is 0.0212. The third kappa shape index (κ3) is 3.27. The van der Waals surface area contributed by atoms with E-state index in [1.807, 2.05) is 13.0 Å². The van der Waals surface area contributed by atoms with Gasteiger partial charge in [-0.25, -0.2) is 9.18 Å². The van der Waals surface area contributed by atoms with Gasteiger partial charge >= 0.3 is 5.97 Å². The summed E-state index contributed by atoms with van der Waals surface area (Å²) in [7, 11) is 0. The molecule has 0 aliphatic rings. The highest BCUT2D eigenvalue weighted by Gasteiger charge is 2.23. The lowest BCUT2D eigenvalue weighted by atomic mass is 10.0. The Morgan fingerprint density at radius 2 is 2.12 bits per heavy atom. The third-order valence-electron chi connectivity index (χ3n) is 3.84. The number of carboxylic acids is 1. The molecule has 3 aromatic rings. The molecule has 0 spiro atoms. The van der Waals surface area contributed by atoms with Gasteiger partial charge in [0.2, 0.25) is 0 Å². The number of benzene rings is 2. The molecule has 6 nitrogen and oxygen atoms in total. The maximum absolute atomic E-state index is 13.6. The summed E-state index contributed by atoms with van der Waals surface area (Å²) in [5.41, 5.74) is 0.427. The molecule has 0 unspecified atom stereocenters. The van der Waals surface area contributed by atoms with E-state index >= 15 is 0 Å². The Balaban J connectivity index is 2.24. The summed E-state index contributed by atoms with van der Waals surface area (Å²) in [5.74, 6) is -1.82. The number of nitrogens with zero attached hydrogens (tertiary/aromatic N) is 1. The Hall–Kier alpha value is -2.52. The molecular formula is C17H12BrFN2O4S. The molecule has 2 N–H and O–H groups in total. The SMILES string of the molecule is CCc1cc(Br)cc2sc(Nc3cc(F)ccc3[N+](=O)[O-])c(C(=O)O)c12. The van der Waals surface area contributed by atoms with Crippen LogP contribution in [0.1, 0.15) is 22.8 Å². The van der Waals surface area contributed by atoms with Crippen LogP contribution in [0.15, 0.2) is 34.8 Å². The highest BCUT2D eigenvalue weighted by molar-refractivity contribution is 9.10. The number of thiophene rings is 1. The predicted molar refractivity (Wildman–Crippen MR) is 102 cm³/mol. The number of aryl methyl sites for hydroxylation is 1. The van der Waals surface area contributed by atoms with E-state index in [2.05, 4.69) is 21.2 Å². The van der Waals surface area contributed by atoms with Gasteiger partial charge in [-0.3, -0.25) is 10.1 Å². The van der Waals surface area contributed by atoms with Gasteiger partial charge in [-0.05, 0) is 30.2 Å². The van der Waals surface area contributed by atoms with Gasteiger partial charge in [0.15, 0.2) is 0 Å². The van der Waals surface area contributed by atoms with E-state index < -0.39 is 16.7 Å². The van der Waals surface area contributed by atoms with Crippen LogP contribution in [0.2, 0.25) is 0 Å². The molecule has 9 heteroatoms. The minimum Gasteiger partial charge on any atom is -0.478 e. The van der Waals surface area contributed by atoms with E-state index in [1.165, 1.54) is 0 Å². The van der Waals surface area contributed by atoms with E-state index in [1.54, 1.807) is 6.07 Å². The summed E-state index contributed by atoms with van der Waals surface area (Å²) < 4.78 is 15.1. The molecule has 1 aromatic heterocycles. The standard InChI is InChI=1S/C17H12BrFN2O4S/c1-2-8-5-9(18)6-13-14(8)15(17(22)23)16(26-13)20-11-7-10(19)3-4-12(11)21(24)25/h3-7,20H,2H2,1H3,(H,22,23). The summed E-state index contributed by atoms with van der Waals surface area (Å²) in [6, 6.07) is 6.63. The second-order valence-electron chi connectivity index (χ2n) is 5.45. The topological polar surface area (TPSA) is 92.5 Å². The first-order valence-electron chi connectivity index (χ1n) is 7.51. The Morgan fingerprint density at radius 3 is 2.73 bits per heavy atom. The molecule has 0 saturated heterocycles. The van der Waals surface area contributed by atoms with Gasteiger partial charge < -0.3 is 10.4 Å². The molecule has 3 rings (SSSR count). The zero-order valence-corrected chi connectivity index (χ0v) is 15.8. The van der Waals surface area contributed by atoms with Crippen LogP contribution in [0, 0.1) is 15.9 Å². The number of carbonyl (C=O) groups is 1. The molecule has 26 heavy (non-hydrogen) atoms. The second-order valence-corrected chi connectivity index (χ2v) is 7.41. The summed E-state index contributed by atoms with van der Waals surface area (Å²) in [5, 5.41) is 24.4. The number of halogens is 2. The first-order chi connectivity index (χ1) is 12.3.